The maximum Gasteiger partial charge on any atom is 0.269 e. The van der Waals surface area contributed by atoms with Crippen LogP contribution in [0.1, 0.15) is 0 Å². The molecule has 0 saturated carbocycles. The molecular formula is C23H14ClFN4O. The molecule has 0 bridgehead atoms. The highest BCUT2D eigenvalue weighted by molar-refractivity contribution is 6.30. The van der Waals surface area contributed by atoms with Crippen molar-refractivity contribution in [2.45, 2.75) is 0 Å². The highest BCUT2D eigenvalue weighted by Gasteiger charge is 2.19. The third kappa shape index (κ3) is 3.07. The Kier molecular flexibility index (Phi) is 4.41. The lowest BCUT2D eigenvalue weighted by Gasteiger charge is -2.13. The van der Waals surface area contributed by atoms with Gasteiger partial charge < -0.3 is 0 Å². The van der Waals surface area contributed by atoms with Crippen LogP contribution in [0.2, 0.25) is 5.02 Å². The number of hydrogen-bond donors (Lipinski definition) is 0. The van der Waals surface area contributed by atoms with Gasteiger partial charge in [0.15, 0.2) is 11.5 Å². The average Bonchev–Trinajstić information content (AvgIpc) is 3.20. The van der Waals surface area contributed by atoms with E-state index in [0.717, 1.165) is 5.69 Å². The molecule has 0 N–H and O–H groups in total. The molecule has 7 heteroatoms. The number of benzene rings is 3. The molecule has 146 valence electrons. The monoisotopic (exact) mass is 416 g/mol. The molecule has 2 aromatic heterocycles. The highest BCUT2D eigenvalue weighted by atomic mass is 35.5. The van der Waals surface area contributed by atoms with E-state index in [-0.39, 0.29) is 22.6 Å². The van der Waals surface area contributed by atoms with Crippen LogP contribution < -0.4 is 5.56 Å². The van der Waals surface area contributed by atoms with Gasteiger partial charge >= 0.3 is 0 Å². The molecule has 5 nitrogen and oxygen atoms in total. The van der Waals surface area contributed by atoms with Crippen molar-refractivity contribution in [3.8, 4) is 22.8 Å². The minimum atomic E-state index is -0.478. The zero-order valence-corrected chi connectivity index (χ0v) is 16.3. The first kappa shape index (κ1) is 18.3. The largest absolute Gasteiger partial charge is 0.269 e. The zero-order chi connectivity index (χ0) is 20.7. The Hall–Kier alpha value is -3.77. The van der Waals surface area contributed by atoms with Gasteiger partial charge in [-0.15, -0.1) is 5.10 Å². The third-order valence-corrected chi connectivity index (χ3v) is 5.02. The summed E-state index contributed by atoms with van der Waals surface area (Å²) in [6.45, 7) is 0. The van der Waals surface area contributed by atoms with Crippen LogP contribution in [0.4, 0.5) is 4.39 Å². The number of para-hydroxylation sites is 1. The van der Waals surface area contributed by atoms with Crippen LogP contribution in [-0.2, 0) is 0 Å². The minimum absolute atomic E-state index is 0.172. The van der Waals surface area contributed by atoms with E-state index >= 15 is 0 Å². The van der Waals surface area contributed by atoms with E-state index in [4.69, 9.17) is 11.6 Å². The van der Waals surface area contributed by atoms with Crippen LogP contribution in [0.15, 0.2) is 89.9 Å². The van der Waals surface area contributed by atoms with Crippen LogP contribution in [0.25, 0.3) is 33.8 Å². The lowest BCUT2D eigenvalue weighted by atomic mass is 10.1. The van der Waals surface area contributed by atoms with Gasteiger partial charge in [0, 0.05) is 11.2 Å². The minimum Gasteiger partial charge on any atom is -0.268 e. The van der Waals surface area contributed by atoms with Gasteiger partial charge in [0.1, 0.15) is 11.2 Å². The molecule has 0 saturated heterocycles. The van der Waals surface area contributed by atoms with Crippen molar-refractivity contribution < 1.29 is 4.39 Å². The van der Waals surface area contributed by atoms with E-state index in [1.165, 1.54) is 10.6 Å². The molecule has 0 fully saturated rings. The van der Waals surface area contributed by atoms with Gasteiger partial charge in [0.2, 0.25) is 0 Å². The number of fused-ring (bicyclic) bond motifs is 1. The van der Waals surface area contributed by atoms with E-state index in [0.29, 0.717) is 16.1 Å². The first-order chi connectivity index (χ1) is 14.6. The maximum absolute atomic E-state index is 14.6. The Morgan fingerprint density at radius 3 is 2.27 bits per heavy atom. The van der Waals surface area contributed by atoms with Crippen LogP contribution in [-0.4, -0.2) is 19.3 Å². The number of rotatable bonds is 3. The lowest BCUT2D eigenvalue weighted by molar-refractivity contribution is 0.629. The molecule has 0 amide bonds. The van der Waals surface area contributed by atoms with E-state index in [9.17, 15) is 9.18 Å². The molecule has 0 radical (unpaired) electrons. The first-order valence-corrected chi connectivity index (χ1v) is 9.58. The molecule has 3 aromatic carbocycles. The lowest BCUT2D eigenvalue weighted by Crippen LogP contribution is -2.21. The van der Waals surface area contributed by atoms with Crippen LogP contribution >= 0.6 is 11.6 Å². The van der Waals surface area contributed by atoms with Gasteiger partial charge in [-0.3, -0.25) is 9.36 Å². The third-order valence-electron chi connectivity index (χ3n) is 4.77. The van der Waals surface area contributed by atoms with Gasteiger partial charge in [-0.25, -0.2) is 14.1 Å². The SMILES string of the molecule is O=c1c2cn(-c3ccccc3)nc2nc(-c2ccccc2F)n1-c1ccc(Cl)cc1. The predicted octanol–water partition coefficient (Wildman–Crippen LogP) is 5.03. The summed E-state index contributed by atoms with van der Waals surface area (Å²) in [5.41, 5.74) is 1.43. The smallest absolute Gasteiger partial charge is 0.268 e. The average molecular weight is 417 g/mol. The summed E-state index contributed by atoms with van der Waals surface area (Å²) >= 11 is 6.01. The van der Waals surface area contributed by atoms with E-state index in [1.54, 1.807) is 53.3 Å². The Labute approximate surface area is 175 Å². The highest BCUT2D eigenvalue weighted by Crippen LogP contribution is 2.25. The molecule has 0 aliphatic carbocycles. The number of nitrogens with zero attached hydrogens (tertiary/aromatic N) is 4. The van der Waals surface area contributed by atoms with Crippen LogP contribution in [0, 0.1) is 5.82 Å². The normalized spacial score (nSPS) is 11.1. The Balaban J connectivity index is 1.84. The molecular weight excluding hydrogens is 403 g/mol. The summed E-state index contributed by atoms with van der Waals surface area (Å²) in [6, 6.07) is 22.4. The zero-order valence-electron chi connectivity index (χ0n) is 15.5. The summed E-state index contributed by atoms with van der Waals surface area (Å²) in [5.74, 6) is -0.305. The molecule has 30 heavy (non-hydrogen) atoms. The fourth-order valence-corrected chi connectivity index (χ4v) is 3.46. The number of hydrogen-bond acceptors (Lipinski definition) is 3. The number of aromatic nitrogens is 4. The molecule has 2 heterocycles. The predicted molar refractivity (Wildman–Crippen MR) is 115 cm³/mol. The Bertz CT molecular complexity index is 1430. The second-order valence-corrected chi connectivity index (χ2v) is 7.12. The Morgan fingerprint density at radius 1 is 0.833 bits per heavy atom. The van der Waals surface area contributed by atoms with Crippen molar-refractivity contribution in [3.05, 3.63) is 106 Å². The summed E-state index contributed by atoms with van der Waals surface area (Å²) in [4.78, 5) is 18.0. The van der Waals surface area contributed by atoms with E-state index < -0.39 is 5.82 Å². The second kappa shape index (κ2) is 7.24. The van der Waals surface area contributed by atoms with Crippen molar-refractivity contribution in [2.24, 2.45) is 0 Å². The summed E-state index contributed by atoms with van der Waals surface area (Å²) < 4.78 is 17.6. The van der Waals surface area contributed by atoms with Crippen LogP contribution in [0.3, 0.4) is 0 Å². The first-order valence-electron chi connectivity index (χ1n) is 9.20. The fourth-order valence-electron chi connectivity index (χ4n) is 3.33. The van der Waals surface area contributed by atoms with Crippen LogP contribution in [0.5, 0.6) is 0 Å². The van der Waals surface area contributed by atoms with Gasteiger partial charge in [0.25, 0.3) is 5.56 Å². The van der Waals surface area contributed by atoms with Gasteiger partial charge in [-0.1, -0.05) is 41.9 Å². The second-order valence-electron chi connectivity index (χ2n) is 6.68. The maximum atomic E-state index is 14.6. The van der Waals surface area contributed by atoms with E-state index in [2.05, 4.69) is 10.1 Å². The molecule has 5 aromatic rings. The summed E-state index contributed by atoms with van der Waals surface area (Å²) in [5, 5.41) is 5.32. The van der Waals surface area contributed by atoms with Gasteiger partial charge in [-0.05, 0) is 48.5 Å². The van der Waals surface area contributed by atoms with Crippen molar-refractivity contribution in [1.82, 2.24) is 19.3 Å². The molecule has 0 atom stereocenters. The van der Waals surface area contributed by atoms with Crippen molar-refractivity contribution in [3.63, 3.8) is 0 Å². The van der Waals surface area contributed by atoms with Gasteiger partial charge in [-0.2, -0.15) is 0 Å². The quantitative estimate of drug-likeness (QED) is 0.414. The van der Waals surface area contributed by atoms with Crippen molar-refractivity contribution in [2.75, 3.05) is 0 Å². The standard InChI is InChI=1S/C23H14ClFN4O/c24-15-10-12-17(13-11-15)29-22(18-8-4-5-9-20(18)25)26-21-19(23(29)30)14-28(27-21)16-6-2-1-3-7-16/h1-14H. The molecule has 5 rings (SSSR count). The number of halogens is 2. The Morgan fingerprint density at radius 2 is 1.53 bits per heavy atom. The van der Waals surface area contributed by atoms with Crippen molar-refractivity contribution >= 4 is 22.6 Å². The molecule has 0 spiro atoms. The summed E-state index contributed by atoms with van der Waals surface area (Å²) in [6.07, 6.45) is 1.64. The molecule has 0 unspecified atom stereocenters. The molecule has 0 aliphatic heterocycles. The topological polar surface area (TPSA) is 52.7 Å². The van der Waals surface area contributed by atoms with E-state index in [1.807, 2.05) is 30.3 Å². The molecule has 0 aliphatic rings. The van der Waals surface area contributed by atoms with Crippen molar-refractivity contribution in [1.29, 1.82) is 0 Å². The van der Waals surface area contributed by atoms with Gasteiger partial charge in [0.05, 0.1) is 16.9 Å². The fraction of sp³-hybridized carbons (Fsp3) is 0. The summed E-state index contributed by atoms with van der Waals surface area (Å²) in [7, 11) is 0.